The number of rotatable bonds is 8. The minimum absolute atomic E-state index is 0.00678. The standard InChI is InChI=1S/C18H28N2O5S2/c1-4-12-20(16-11-13-26(22,23)14-16)18(21)15-7-9-17(10-8-15)27(24,25)19(5-2)6-3/h7-10,16H,4-6,11-14H2,1-3H3/t16-/m0/s1. The van der Waals surface area contributed by atoms with Crippen molar-refractivity contribution in [3.05, 3.63) is 29.8 Å². The van der Waals surface area contributed by atoms with Crippen molar-refractivity contribution in [1.29, 1.82) is 0 Å². The van der Waals surface area contributed by atoms with E-state index in [1.165, 1.54) is 28.6 Å². The Morgan fingerprint density at radius 1 is 1.11 bits per heavy atom. The molecule has 0 bridgehead atoms. The molecule has 0 aromatic heterocycles. The first-order valence-corrected chi connectivity index (χ1v) is 12.5. The molecule has 9 heteroatoms. The lowest BCUT2D eigenvalue weighted by Gasteiger charge is -2.28. The number of carbonyl (C=O) groups is 1. The Hall–Kier alpha value is -1.45. The molecule has 1 amide bonds. The molecule has 0 saturated carbocycles. The van der Waals surface area contributed by atoms with Crippen molar-refractivity contribution < 1.29 is 21.6 Å². The molecular weight excluding hydrogens is 388 g/mol. The minimum atomic E-state index is -3.58. The molecule has 1 aliphatic rings. The van der Waals surface area contributed by atoms with E-state index in [0.29, 0.717) is 31.6 Å². The van der Waals surface area contributed by atoms with Crippen LogP contribution in [0.4, 0.5) is 0 Å². The maximum Gasteiger partial charge on any atom is 0.254 e. The first kappa shape index (κ1) is 21.8. The number of hydrogen-bond acceptors (Lipinski definition) is 5. The molecule has 0 unspecified atom stereocenters. The zero-order valence-electron chi connectivity index (χ0n) is 16.1. The Labute approximate surface area is 162 Å². The highest BCUT2D eigenvalue weighted by atomic mass is 32.2. The number of hydrogen-bond donors (Lipinski definition) is 0. The molecule has 0 radical (unpaired) electrons. The number of carbonyl (C=O) groups excluding carboxylic acids is 1. The zero-order valence-corrected chi connectivity index (χ0v) is 17.7. The van der Waals surface area contributed by atoms with Crippen molar-refractivity contribution in [2.75, 3.05) is 31.1 Å². The van der Waals surface area contributed by atoms with Crippen molar-refractivity contribution >= 4 is 25.8 Å². The van der Waals surface area contributed by atoms with Gasteiger partial charge in [0.1, 0.15) is 0 Å². The third-order valence-corrected chi connectivity index (χ3v) is 8.63. The fourth-order valence-electron chi connectivity index (χ4n) is 3.36. The monoisotopic (exact) mass is 416 g/mol. The van der Waals surface area contributed by atoms with Crippen molar-refractivity contribution in [1.82, 2.24) is 9.21 Å². The second kappa shape index (κ2) is 8.70. The van der Waals surface area contributed by atoms with Crippen LogP contribution in [0.2, 0.25) is 0 Å². The third-order valence-electron chi connectivity index (χ3n) is 4.82. The number of nitrogens with zero attached hydrogens (tertiary/aromatic N) is 2. The summed E-state index contributed by atoms with van der Waals surface area (Å²) in [7, 11) is -6.67. The van der Waals surface area contributed by atoms with Crippen LogP contribution >= 0.6 is 0 Å². The molecule has 27 heavy (non-hydrogen) atoms. The van der Waals surface area contributed by atoms with Gasteiger partial charge < -0.3 is 4.90 Å². The van der Waals surface area contributed by atoms with E-state index in [-0.39, 0.29) is 28.4 Å². The predicted octanol–water partition coefficient (Wildman–Crippen LogP) is 1.76. The van der Waals surface area contributed by atoms with Crippen LogP contribution in [0.5, 0.6) is 0 Å². The zero-order chi connectivity index (χ0) is 20.2. The summed E-state index contributed by atoms with van der Waals surface area (Å²) >= 11 is 0. The van der Waals surface area contributed by atoms with Crippen molar-refractivity contribution in [2.24, 2.45) is 0 Å². The van der Waals surface area contributed by atoms with E-state index >= 15 is 0 Å². The van der Waals surface area contributed by atoms with Crippen LogP contribution in [0.15, 0.2) is 29.2 Å². The SMILES string of the molecule is CCCN(C(=O)c1ccc(S(=O)(=O)N(CC)CC)cc1)[C@H]1CCS(=O)(=O)C1. The number of benzene rings is 1. The van der Waals surface area contributed by atoms with Crippen LogP contribution in [0.3, 0.4) is 0 Å². The molecule has 1 atom stereocenters. The second-order valence-corrected chi connectivity index (χ2v) is 10.8. The highest BCUT2D eigenvalue weighted by Crippen LogP contribution is 2.22. The maximum atomic E-state index is 12.9. The molecule has 1 aromatic carbocycles. The molecule has 2 rings (SSSR count). The summed E-state index contributed by atoms with van der Waals surface area (Å²) in [6, 6.07) is 5.57. The van der Waals surface area contributed by atoms with Gasteiger partial charge in [0.15, 0.2) is 9.84 Å². The predicted molar refractivity (Wildman–Crippen MR) is 105 cm³/mol. The van der Waals surface area contributed by atoms with E-state index in [4.69, 9.17) is 0 Å². The van der Waals surface area contributed by atoms with Gasteiger partial charge in [-0.05, 0) is 37.1 Å². The van der Waals surface area contributed by atoms with Crippen molar-refractivity contribution in [3.63, 3.8) is 0 Å². The van der Waals surface area contributed by atoms with Crippen LogP contribution in [-0.4, -0.2) is 69.1 Å². The Morgan fingerprint density at radius 3 is 2.15 bits per heavy atom. The minimum Gasteiger partial charge on any atom is -0.335 e. The van der Waals surface area contributed by atoms with E-state index in [2.05, 4.69) is 0 Å². The molecular formula is C18H28N2O5S2. The van der Waals surface area contributed by atoms with Gasteiger partial charge in [0, 0.05) is 31.2 Å². The molecule has 0 spiro atoms. The van der Waals surface area contributed by atoms with Gasteiger partial charge in [-0.2, -0.15) is 4.31 Å². The summed E-state index contributed by atoms with van der Waals surface area (Å²) in [6.45, 7) is 6.70. The fourth-order valence-corrected chi connectivity index (χ4v) is 6.55. The number of amides is 1. The molecule has 1 fully saturated rings. The van der Waals surface area contributed by atoms with Gasteiger partial charge in [-0.1, -0.05) is 20.8 Å². The van der Waals surface area contributed by atoms with Gasteiger partial charge in [0.05, 0.1) is 16.4 Å². The Bertz CT molecular complexity index is 860. The summed E-state index contributed by atoms with van der Waals surface area (Å²) in [6.07, 6.45) is 1.17. The van der Waals surface area contributed by atoms with E-state index in [9.17, 15) is 21.6 Å². The quantitative estimate of drug-likeness (QED) is 0.644. The average molecular weight is 417 g/mol. The van der Waals surface area contributed by atoms with E-state index in [1.54, 1.807) is 18.7 Å². The molecule has 0 aliphatic carbocycles. The fraction of sp³-hybridized carbons (Fsp3) is 0.611. The molecule has 152 valence electrons. The lowest BCUT2D eigenvalue weighted by molar-refractivity contribution is 0.0697. The van der Waals surface area contributed by atoms with Crippen LogP contribution < -0.4 is 0 Å². The summed E-state index contributed by atoms with van der Waals surface area (Å²) in [4.78, 5) is 14.7. The maximum absolute atomic E-state index is 12.9. The van der Waals surface area contributed by atoms with Gasteiger partial charge in [-0.15, -0.1) is 0 Å². The first-order chi connectivity index (χ1) is 12.7. The Balaban J connectivity index is 2.25. The largest absolute Gasteiger partial charge is 0.335 e. The topological polar surface area (TPSA) is 91.8 Å². The number of sulfone groups is 1. The third kappa shape index (κ3) is 4.89. The smallest absolute Gasteiger partial charge is 0.254 e. The van der Waals surface area contributed by atoms with Gasteiger partial charge in [0.25, 0.3) is 5.91 Å². The highest BCUT2D eigenvalue weighted by molar-refractivity contribution is 7.91. The average Bonchev–Trinajstić information content (AvgIpc) is 2.99. The van der Waals surface area contributed by atoms with Crippen LogP contribution in [0.25, 0.3) is 0 Å². The van der Waals surface area contributed by atoms with Crippen LogP contribution in [0.1, 0.15) is 44.0 Å². The summed E-state index contributed by atoms with van der Waals surface area (Å²) in [5.74, 6) is -0.162. The lowest BCUT2D eigenvalue weighted by atomic mass is 10.1. The lowest BCUT2D eigenvalue weighted by Crippen LogP contribution is -2.41. The normalized spacial score (nSPS) is 19.3. The molecule has 7 nitrogen and oxygen atoms in total. The van der Waals surface area contributed by atoms with E-state index in [1.807, 2.05) is 6.92 Å². The van der Waals surface area contributed by atoms with Gasteiger partial charge in [0.2, 0.25) is 10.0 Å². The van der Waals surface area contributed by atoms with E-state index in [0.717, 1.165) is 6.42 Å². The van der Waals surface area contributed by atoms with Gasteiger partial charge in [-0.3, -0.25) is 4.79 Å². The highest BCUT2D eigenvalue weighted by Gasteiger charge is 2.34. The molecule has 1 saturated heterocycles. The summed E-state index contributed by atoms with van der Waals surface area (Å²) in [5, 5.41) is 0. The Kier molecular flexibility index (Phi) is 7.04. The van der Waals surface area contributed by atoms with Crippen molar-refractivity contribution in [3.8, 4) is 0 Å². The van der Waals surface area contributed by atoms with Gasteiger partial charge in [-0.25, -0.2) is 16.8 Å². The summed E-state index contributed by atoms with van der Waals surface area (Å²) in [5.41, 5.74) is 0.367. The summed E-state index contributed by atoms with van der Waals surface area (Å²) < 4.78 is 50.0. The second-order valence-electron chi connectivity index (χ2n) is 6.67. The first-order valence-electron chi connectivity index (χ1n) is 9.27. The Morgan fingerprint density at radius 2 is 1.70 bits per heavy atom. The van der Waals surface area contributed by atoms with Gasteiger partial charge >= 0.3 is 0 Å². The number of sulfonamides is 1. The van der Waals surface area contributed by atoms with E-state index < -0.39 is 19.9 Å². The molecule has 1 heterocycles. The molecule has 1 aromatic rings. The van der Waals surface area contributed by atoms with Crippen molar-refractivity contribution in [2.45, 2.75) is 44.6 Å². The molecule has 0 N–H and O–H groups in total. The van der Waals surface area contributed by atoms with Crippen LogP contribution in [0, 0.1) is 0 Å². The van der Waals surface area contributed by atoms with Crippen LogP contribution in [-0.2, 0) is 19.9 Å². The molecule has 1 aliphatic heterocycles.